The van der Waals surface area contributed by atoms with Gasteiger partial charge in [0.25, 0.3) is 11.7 Å². The van der Waals surface area contributed by atoms with Crippen molar-refractivity contribution in [3.8, 4) is 5.75 Å². The molecule has 428 valence electrons. The van der Waals surface area contributed by atoms with E-state index in [2.05, 4.69) is 15.4 Å². The summed E-state index contributed by atoms with van der Waals surface area (Å²) in [6.45, 7) is 0.807. The SMILES string of the molecule is COC(=O)CCCCCCCCO[C@@H]1OC(CO)[C@@H](OC2OC(CO)[C@H](O)C(O[C@]3(C(=O)O)CC(O)[C@@H](NC(C)=O)C(C(O)C(O)CO)O3)C2O)C(O[C@@H]2OC(C)[C@@H](O)C(O)C2O)C1NC(=O)c1cc(C)ccc1O. The number of benzene rings is 1. The van der Waals surface area contributed by atoms with E-state index >= 15 is 0 Å². The minimum absolute atomic E-state index is 0.0418. The molecule has 14 unspecified atom stereocenters. The summed E-state index contributed by atoms with van der Waals surface area (Å²) in [6.07, 6.45) is -31.5. The van der Waals surface area contributed by atoms with Crippen LogP contribution in [0.1, 0.15) is 81.1 Å². The molecular formula is C47H74N2O26. The van der Waals surface area contributed by atoms with Gasteiger partial charge in [0.1, 0.15) is 91.1 Å². The molecule has 75 heavy (non-hydrogen) atoms. The molecule has 2 amide bonds. The minimum Gasteiger partial charge on any atom is -0.507 e. The Morgan fingerprint density at radius 2 is 1.39 bits per heavy atom. The molecule has 4 fully saturated rings. The highest BCUT2D eigenvalue weighted by Gasteiger charge is 2.61. The molecule has 4 aliphatic rings. The van der Waals surface area contributed by atoms with Crippen LogP contribution in [0.15, 0.2) is 18.2 Å². The van der Waals surface area contributed by atoms with Gasteiger partial charge in [0.05, 0.1) is 50.7 Å². The van der Waals surface area contributed by atoms with Crippen molar-refractivity contribution in [2.24, 2.45) is 0 Å². The molecule has 5 rings (SSSR count). The highest BCUT2D eigenvalue weighted by atomic mass is 16.8. The largest absolute Gasteiger partial charge is 0.507 e. The average Bonchev–Trinajstić information content (AvgIpc) is 3.38. The van der Waals surface area contributed by atoms with Crippen molar-refractivity contribution < 1.29 is 128 Å². The second-order valence-electron chi connectivity index (χ2n) is 19.1. The molecule has 0 aliphatic carbocycles. The molecule has 4 saturated heterocycles. The Kier molecular flexibility index (Phi) is 23.3. The number of rotatable bonds is 25. The second-order valence-corrected chi connectivity index (χ2v) is 19.1. The van der Waals surface area contributed by atoms with Gasteiger partial charge < -0.3 is 120 Å². The molecule has 0 bridgehead atoms. The summed E-state index contributed by atoms with van der Waals surface area (Å²) in [5.41, 5.74) is 0.297. The molecule has 1 aromatic rings. The number of ether oxygens (including phenoxy) is 9. The molecule has 15 N–H and O–H groups in total. The number of hydrogen-bond acceptors (Lipinski definition) is 25. The van der Waals surface area contributed by atoms with Crippen molar-refractivity contribution in [3.63, 3.8) is 0 Å². The van der Waals surface area contributed by atoms with Crippen molar-refractivity contribution in [3.05, 3.63) is 29.3 Å². The number of phenols is 1. The van der Waals surface area contributed by atoms with Crippen LogP contribution in [-0.4, -0.2) is 252 Å². The van der Waals surface area contributed by atoms with Crippen molar-refractivity contribution in [1.29, 1.82) is 0 Å². The van der Waals surface area contributed by atoms with Gasteiger partial charge in [0.2, 0.25) is 5.91 Å². The van der Waals surface area contributed by atoms with Gasteiger partial charge >= 0.3 is 11.9 Å². The van der Waals surface area contributed by atoms with Crippen molar-refractivity contribution in [2.45, 2.75) is 200 Å². The number of aryl methyl sites for hydroxylation is 1. The van der Waals surface area contributed by atoms with Crippen LogP contribution in [0.5, 0.6) is 5.75 Å². The number of phenolic OH excluding ortho intramolecular Hbond substituents is 1. The van der Waals surface area contributed by atoms with Crippen LogP contribution in [0.2, 0.25) is 0 Å². The summed E-state index contributed by atoms with van der Waals surface area (Å²) >= 11 is 0. The first-order chi connectivity index (χ1) is 35.5. The summed E-state index contributed by atoms with van der Waals surface area (Å²) in [4.78, 5) is 51.0. The lowest BCUT2D eigenvalue weighted by Crippen LogP contribution is -2.71. The number of amides is 2. The topological polar surface area (TPSA) is 438 Å². The van der Waals surface area contributed by atoms with E-state index < -0.39 is 178 Å². The number of nitrogens with one attached hydrogen (secondary N) is 2. The zero-order valence-electron chi connectivity index (χ0n) is 41.9. The maximum absolute atomic E-state index is 14.2. The van der Waals surface area contributed by atoms with Gasteiger partial charge in [-0.1, -0.05) is 37.3 Å². The van der Waals surface area contributed by atoms with E-state index in [4.69, 9.17) is 37.9 Å². The Bertz CT molecular complexity index is 2010. The smallest absolute Gasteiger partial charge is 0.364 e. The summed E-state index contributed by atoms with van der Waals surface area (Å²) in [6, 6.07) is 0.875. The number of methoxy groups -OCH3 is 1. The molecule has 28 heteroatoms. The van der Waals surface area contributed by atoms with Crippen LogP contribution in [0.25, 0.3) is 0 Å². The van der Waals surface area contributed by atoms with Gasteiger partial charge in [0, 0.05) is 26.4 Å². The zero-order valence-corrected chi connectivity index (χ0v) is 41.9. The predicted molar refractivity (Wildman–Crippen MR) is 247 cm³/mol. The molecule has 28 nitrogen and oxygen atoms in total. The second kappa shape index (κ2) is 28.1. The Hall–Kier alpha value is -3.86. The molecule has 0 spiro atoms. The van der Waals surface area contributed by atoms with E-state index in [-0.39, 0.29) is 24.6 Å². The summed E-state index contributed by atoms with van der Waals surface area (Å²) in [7, 11) is 1.31. The minimum atomic E-state index is -3.17. The maximum Gasteiger partial charge on any atom is 0.364 e. The Morgan fingerprint density at radius 3 is 2.01 bits per heavy atom. The molecule has 0 saturated carbocycles. The monoisotopic (exact) mass is 1080 g/mol. The lowest BCUT2D eigenvalue weighted by Gasteiger charge is -2.51. The van der Waals surface area contributed by atoms with Crippen LogP contribution >= 0.6 is 0 Å². The number of aromatic hydroxyl groups is 1. The first-order valence-corrected chi connectivity index (χ1v) is 24.7. The van der Waals surface area contributed by atoms with Gasteiger partial charge in [-0.3, -0.25) is 14.4 Å². The fraction of sp³-hybridized carbons (Fsp3) is 0.787. The van der Waals surface area contributed by atoms with E-state index in [0.717, 1.165) is 26.2 Å². The first-order valence-electron chi connectivity index (χ1n) is 24.7. The molecule has 1 aromatic carbocycles. The number of carboxylic acids is 1. The van der Waals surface area contributed by atoms with Crippen LogP contribution in [0.3, 0.4) is 0 Å². The number of hydrogen-bond donors (Lipinski definition) is 15. The number of aliphatic hydroxyl groups is 11. The number of carboxylic acid groups (broad SMARTS) is 1. The lowest BCUT2D eigenvalue weighted by atomic mass is 9.88. The number of carbonyl (C=O) groups is 4. The summed E-state index contributed by atoms with van der Waals surface area (Å²) in [5.74, 6) is -7.73. The third-order valence-electron chi connectivity index (χ3n) is 13.5. The van der Waals surface area contributed by atoms with E-state index in [9.17, 15) is 85.6 Å². The average molecular weight is 1080 g/mol. The van der Waals surface area contributed by atoms with Crippen molar-refractivity contribution in [2.75, 3.05) is 33.5 Å². The van der Waals surface area contributed by atoms with E-state index in [1.165, 1.54) is 32.2 Å². The fourth-order valence-corrected chi connectivity index (χ4v) is 9.32. The molecule has 4 aliphatic heterocycles. The summed E-state index contributed by atoms with van der Waals surface area (Å²) < 4.78 is 52.9. The van der Waals surface area contributed by atoms with Gasteiger partial charge in [-0.05, 0) is 38.8 Å². The number of aliphatic hydroxyl groups excluding tert-OH is 11. The van der Waals surface area contributed by atoms with Crippen molar-refractivity contribution >= 4 is 23.8 Å². The van der Waals surface area contributed by atoms with E-state index in [1.807, 2.05) is 0 Å². The number of aliphatic carboxylic acids is 1. The lowest BCUT2D eigenvalue weighted by molar-refractivity contribution is -0.391. The van der Waals surface area contributed by atoms with Gasteiger partial charge in [-0.25, -0.2) is 4.79 Å². The van der Waals surface area contributed by atoms with Crippen LogP contribution in [0, 0.1) is 6.92 Å². The van der Waals surface area contributed by atoms with Crippen molar-refractivity contribution in [1.82, 2.24) is 10.6 Å². The quantitative estimate of drug-likeness (QED) is 0.0322. The molecular weight excluding hydrogens is 1010 g/mol. The number of esters is 1. The normalized spacial score (nSPS) is 37.0. The highest BCUT2D eigenvalue weighted by Crippen LogP contribution is 2.39. The van der Waals surface area contributed by atoms with E-state index in [0.29, 0.717) is 24.8 Å². The van der Waals surface area contributed by atoms with Gasteiger partial charge in [0.15, 0.2) is 18.9 Å². The number of unbranched alkanes of at least 4 members (excludes halogenated alkanes) is 5. The molecule has 0 aromatic heterocycles. The molecule has 0 radical (unpaired) electrons. The predicted octanol–water partition coefficient (Wildman–Crippen LogP) is -4.99. The van der Waals surface area contributed by atoms with Gasteiger partial charge in [-0.15, -0.1) is 0 Å². The standard InChI is InChI=1S/C47H74N2O26/c1-20-12-13-24(54)23(15-20)42(64)49-31-40(73-44-36(62)35(61)32(58)21(2)69-44)38(28(19-52)71-43(31)68-14-10-8-6-5-7-9-11-29(57)67-4)72-45-37(63)41(34(60)27(18-51)70-45)75-47(46(65)66)16-25(55)30(48-22(3)53)39(74-47)33(59)26(56)17-50/h12-13,15,21,25-28,30-41,43-45,50-52,54-56,58-63H,5-11,14,16-19H2,1-4H3,(H,48,53)(H,49,64)(H,65,66)/t21?,25?,26?,27?,28?,30-,31?,32-,33?,34+,35?,36?,37?,38-,39?,40?,41?,43-,44+,45?,47+/m1/s1. The van der Waals surface area contributed by atoms with Crippen LogP contribution in [0.4, 0.5) is 0 Å². The maximum atomic E-state index is 14.2. The summed E-state index contributed by atoms with van der Waals surface area (Å²) in [5, 5.41) is 146. The Balaban J connectivity index is 1.52. The first kappa shape index (κ1) is 62.0. The van der Waals surface area contributed by atoms with Gasteiger partial charge in [-0.2, -0.15) is 0 Å². The third kappa shape index (κ3) is 15.2. The highest BCUT2D eigenvalue weighted by molar-refractivity contribution is 5.97. The van der Waals surface area contributed by atoms with Crippen LogP contribution < -0.4 is 10.6 Å². The van der Waals surface area contributed by atoms with Crippen LogP contribution in [-0.2, 0) is 57.0 Å². The molecule has 4 heterocycles. The molecule has 21 atom stereocenters. The fourth-order valence-electron chi connectivity index (χ4n) is 9.32. The Morgan fingerprint density at radius 1 is 0.760 bits per heavy atom. The Labute approximate surface area is 430 Å². The number of carbonyl (C=O) groups excluding carboxylic acids is 3. The zero-order chi connectivity index (χ0) is 55.5. The van der Waals surface area contributed by atoms with E-state index in [1.54, 1.807) is 6.92 Å². The third-order valence-corrected chi connectivity index (χ3v) is 13.5.